The van der Waals surface area contributed by atoms with Gasteiger partial charge in [-0.15, -0.1) is 0 Å². The average molecular weight is 458 g/mol. The molecule has 4 rings (SSSR count). The number of rotatable bonds is 8. The van der Waals surface area contributed by atoms with Gasteiger partial charge >= 0.3 is 0 Å². The molecule has 0 radical (unpaired) electrons. The molecule has 3 aromatic rings. The first-order valence-corrected chi connectivity index (χ1v) is 12.8. The molecule has 1 aliphatic rings. The SMILES string of the molecule is CN(C)CCN(CC1CCNCC1)c1ncnc2c1cnn2-c1ccc(S(C)(=O)=O)cc1. The van der Waals surface area contributed by atoms with E-state index in [2.05, 4.69) is 44.3 Å². The Morgan fingerprint density at radius 1 is 1.09 bits per heavy atom. The lowest BCUT2D eigenvalue weighted by Crippen LogP contribution is -2.39. The highest BCUT2D eigenvalue weighted by molar-refractivity contribution is 7.90. The van der Waals surface area contributed by atoms with Crippen molar-refractivity contribution in [3.8, 4) is 5.69 Å². The van der Waals surface area contributed by atoms with Gasteiger partial charge in [-0.05, 0) is 70.2 Å². The molecule has 0 atom stereocenters. The van der Waals surface area contributed by atoms with Crippen LogP contribution in [0.25, 0.3) is 16.7 Å². The molecule has 32 heavy (non-hydrogen) atoms. The van der Waals surface area contributed by atoms with Crippen molar-refractivity contribution in [1.82, 2.24) is 30.0 Å². The second-order valence-electron chi connectivity index (χ2n) is 8.70. The number of nitrogens with one attached hydrogen (secondary N) is 1. The molecule has 1 saturated heterocycles. The van der Waals surface area contributed by atoms with Crippen molar-refractivity contribution in [3.05, 3.63) is 36.8 Å². The lowest BCUT2D eigenvalue weighted by Gasteiger charge is -2.32. The van der Waals surface area contributed by atoms with E-state index >= 15 is 0 Å². The maximum atomic E-state index is 11.8. The third-order valence-electron chi connectivity index (χ3n) is 5.91. The number of aromatic nitrogens is 4. The van der Waals surface area contributed by atoms with Gasteiger partial charge in [0.25, 0.3) is 0 Å². The van der Waals surface area contributed by atoms with Gasteiger partial charge in [-0.3, -0.25) is 0 Å². The molecule has 1 aliphatic heterocycles. The fourth-order valence-electron chi connectivity index (χ4n) is 4.09. The molecule has 9 nitrogen and oxygen atoms in total. The zero-order valence-electron chi connectivity index (χ0n) is 18.9. The van der Waals surface area contributed by atoms with Crippen LogP contribution >= 0.6 is 0 Å². The number of hydrogen-bond acceptors (Lipinski definition) is 8. The molecule has 10 heteroatoms. The molecular weight excluding hydrogens is 426 g/mol. The minimum Gasteiger partial charge on any atom is -0.354 e. The van der Waals surface area contributed by atoms with Crippen molar-refractivity contribution < 1.29 is 8.42 Å². The molecule has 0 bridgehead atoms. The van der Waals surface area contributed by atoms with Crippen LogP contribution in [-0.2, 0) is 9.84 Å². The fourth-order valence-corrected chi connectivity index (χ4v) is 4.72. The second-order valence-corrected chi connectivity index (χ2v) is 10.7. The van der Waals surface area contributed by atoms with Crippen molar-refractivity contribution in [2.24, 2.45) is 5.92 Å². The minimum absolute atomic E-state index is 0.282. The number of sulfone groups is 1. The summed E-state index contributed by atoms with van der Waals surface area (Å²) in [5.74, 6) is 1.52. The van der Waals surface area contributed by atoms with Gasteiger partial charge in [0.1, 0.15) is 12.1 Å². The van der Waals surface area contributed by atoms with Gasteiger partial charge < -0.3 is 15.1 Å². The van der Waals surface area contributed by atoms with E-state index in [-0.39, 0.29) is 4.90 Å². The highest BCUT2D eigenvalue weighted by atomic mass is 32.2. The Balaban J connectivity index is 1.68. The van der Waals surface area contributed by atoms with Gasteiger partial charge in [-0.2, -0.15) is 5.10 Å². The van der Waals surface area contributed by atoms with Crippen molar-refractivity contribution in [2.75, 3.05) is 58.0 Å². The number of benzene rings is 1. The zero-order valence-corrected chi connectivity index (χ0v) is 19.7. The van der Waals surface area contributed by atoms with Crippen LogP contribution in [0, 0.1) is 5.92 Å². The van der Waals surface area contributed by atoms with Crippen LogP contribution < -0.4 is 10.2 Å². The van der Waals surface area contributed by atoms with E-state index in [1.165, 1.54) is 19.1 Å². The number of hydrogen-bond donors (Lipinski definition) is 1. The first kappa shape index (κ1) is 22.6. The maximum Gasteiger partial charge on any atom is 0.175 e. The predicted octanol–water partition coefficient (Wildman–Crippen LogP) is 1.59. The van der Waals surface area contributed by atoms with E-state index in [0.29, 0.717) is 11.6 Å². The van der Waals surface area contributed by atoms with Crippen LogP contribution in [0.4, 0.5) is 5.82 Å². The third kappa shape index (κ3) is 5.08. The molecule has 3 heterocycles. The van der Waals surface area contributed by atoms with E-state index in [4.69, 9.17) is 0 Å². The number of piperidine rings is 1. The average Bonchev–Trinajstić information content (AvgIpc) is 3.21. The van der Waals surface area contributed by atoms with Gasteiger partial charge in [-0.25, -0.2) is 23.1 Å². The summed E-state index contributed by atoms with van der Waals surface area (Å²) in [6.45, 7) is 4.88. The molecule has 1 N–H and O–H groups in total. The minimum atomic E-state index is -3.25. The molecule has 2 aromatic heterocycles. The molecule has 0 saturated carbocycles. The van der Waals surface area contributed by atoms with Crippen LogP contribution in [-0.4, -0.2) is 86.1 Å². The highest BCUT2D eigenvalue weighted by Crippen LogP contribution is 2.27. The monoisotopic (exact) mass is 457 g/mol. The zero-order chi connectivity index (χ0) is 22.7. The Hall–Kier alpha value is -2.56. The summed E-state index contributed by atoms with van der Waals surface area (Å²) < 4.78 is 25.3. The molecule has 0 aliphatic carbocycles. The highest BCUT2D eigenvalue weighted by Gasteiger charge is 2.21. The molecule has 0 spiro atoms. The van der Waals surface area contributed by atoms with Gasteiger partial charge in [0.05, 0.1) is 22.2 Å². The molecule has 1 fully saturated rings. The Morgan fingerprint density at radius 3 is 2.47 bits per heavy atom. The van der Waals surface area contributed by atoms with Gasteiger partial charge in [0.15, 0.2) is 15.5 Å². The number of anilines is 1. The largest absolute Gasteiger partial charge is 0.354 e. The quantitative estimate of drug-likeness (QED) is 0.545. The molecule has 172 valence electrons. The van der Waals surface area contributed by atoms with Crippen LogP contribution in [0.3, 0.4) is 0 Å². The first-order valence-electron chi connectivity index (χ1n) is 10.9. The van der Waals surface area contributed by atoms with Crippen molar-refractivity contribution in [2.45, 2.75) is 17.7 Å². The van der Waals surface area contributed by atoms with Gasteiger partial charge in [-0.1, -0.05) is 0 Å². The van der Waals surface area contributed by atoms with E-state index in [1.54, 1.807) is 41.5 Å². The summed E-state index contributed by atoms with van der Waals surface area (Å²) in [6.07, 6.45) is 6.93. The molecular formula is C22H31N7O2S. The van der Waals surface area contributed by atoms with E-state index in [0.717, 1.165) is 49.6 Å². The fraction of sp³-hybridized carbons (Fsp3) is 0.500. The van der Waals surface area contributed by atoms with E-state index in [9.17, 15) is 8.42 Å². The Morgan fingerprint density at radius 2 is 1.81 bits per heavy atom. The van der Waals surface area contributed by atoms with Crippen LogP contribution in [0.5, 0.6) is 0 Å². The predicted molar refractivity (Wildman–Crippen MR) is 126 cm³/mol. The molecule has 1 aromatic carbocycles. The molecule has 0 unspecified atom stereocenters. The topological polar surface area (TPSA) is 96.2 Å². The molecule has 0 amide bonds. The standard InChI is InChI=1S/C22H31N7O2S/c1-27(2)12-13-28(15-17-8-10-23-11-9-17)21-20-14-26-29(22(20)25-16-24-21)18-4-6-19(7-5-18)32(3,30)31/h4-7,14,16-17,23H,8-13,15H2,1-3H3. The van der Waals surface area contributed by atoms with Gasteiger partial charge in [0, 0.05) is 25.9 Å². The number of nitrogens with zero attached hydrogens (tertiary/aromatic N) is 6. The van der Waals surface area contributed by atoms with E-state index in [1.807, 2.05) is 0 Å². The summed E-state index contributed by atoms with van der Waals surface area (Å²) in [6, 6.07) is 6.70. The Kier molecular flexibility index (Phi) is 6.73. The lowest BCUT2D eigenvalue weighted by atomic mass is 9.97. The first-order chi connectivity index (χ1) is 15.3. The Bertz CT molecular complexity index is 1150. The number of likely N-dealkylation sites (N-methyl/N-ethyl adjacent to an activating group) is 1. The van der Waals surface area contributed by atoms with Crippen LogP contribution in [0.2, 0.25) is 0 Å². The second kappa shape index (κ2) is 9.51. The third-order valence-corrected chi connectivity index (χ3v) is 7.04. The summed E-state index contributed by atoms with van der Waals surface area (Å²) in [5.41, 5.74) is 1.47. The normalized spacial score (nSPS) is 15.5. The van der Waals surface area contributed by atoms with Crippen LogP contribution in [0.1, 0.15) is 12.8 Å². The summed E-state index contributed by atoms with van der Waals surface area (Å²) in [4.78, 5) is 14.0. The lowest BCUT2D eigenvalue weighted by molar-refractivity contribution is 0.360. The van der Waals surface area contributed by atoms with Crippen molar-refractivity contribution in [1.29, 1.82) is 0 Å². The smallest absolute Gasteiger partial charge is 0.175 e. The van der Waals surface area contributed by atoms with E-state index < -0.39 is 9.84 Å². The summed E-state index contributed by atoms with van der Waals surface area (Å²) >= 11 is 0. The van der Waals surface area contributed by atoms with Gasteiger partial charge in [0.2, 0.25) is 0 Å². The Labute approximate surface area is 189 Å². The maximum absolute atomic E-state index is 11.8. The van der Waals surface area contributed by atoms with Crippen LogP contribution in [0.15, 0.2) is 41.7 Å². The summed E-state index contributed by atoms with van der Waals surface area (Å²) in [7, 11) is 0.913. The summed E-state index contributed by atoms with van der Waals surface area (Å²) in [5, 5.41) is 8.89. The van der Waals surface area contributed by atoms with Crippen molar-refractivity contribution >= 4 is 26.7 Å². The number of fused-ring (bicyclic) bond motifs is 1. The van der Waals surface area contributed by atoms with Crippen molar-refractivity contribution in [3.63, 3.8) is 0 Å².